The molecule has 2 heteroatoms. The van der Waals surface area contributed by atoms with Gasteiger partial charge in [0.2, 0.25) is 0 Å². The topological polar surface area (TPSA) is 17.1 Å². The summed E-state index contributed by atoms with van der Waals surface area (Å²) in [5, 5.41) is 0. The van der Waals surface area contributed by atoms with Crippen molar-refractivity contribution in [2.45, 2.75) is 17.7 Å². The summed E-state index contributed by atoms with van der Waals surface area (Å²) >= 11 is 0. The van der Waals surface area contributed by atoms with Gasteiger partial charge in [-0.3, -0.25) is 4.21 Å². The number of hydrogen-bond acceptors (Lipinski definition) is 1. The van der Waals surface area contributed by atoms with Gasteiger partial charge in [-0.15, -0.1) is 6.58 Å². The Balaban J connectivity index is 2.45. The van der Waals surface area contributed by atoms with Crippen molar-refractivity contribution in [1.29, 1.82) is 0 Å². The van der Waals surface area contributed by atoms with Crippen LogP contribution in [0.4, 0.5) is 0 Å². The quantitative estimate of drug-likeness (QED) is 0.520. The lowest BCUT2D eigenvalue weighted by atomic mass is 10.3. The van der Waals surface area contributed by atoms with Gasteiger partial charge in [-0.2, -0.15) is 0 Å². The average molecular weight is 194 g/mol. The standard InChI is InChI=1S/C11H14OS/c1-2-3-7-10-13(12)11-8-5-4-6-9-11/h2,4-6,8-9H,1,3,7,10H2/t13-/m0/s1. The largest absolute Gasteiger partial charge is 0.254 e. The van der Waals surface area contributed by atoms with Gasteiger partial charge in [-0.05, 0) is 25.0 Å². The van der Waals surface area contributed by atoms with Crippen LogP contribution in [0.3, 0.4) is 0 Å². The molecule has 0 fully saturated rings. The molecule has 0 radical (unpaired) electrons. The second-order valence-corrected chi connectivity index (χ2v) is 4.36. The molecule has 0 unspecified atom stereocenters. The number of rotatable bonds is 5. The van der Waals surface area contributed by atoms with Gasteiger partial charge in [-0.25, -0.2) is 0 Å². The molecule has 0 spiro atoms. The van der Waals surface area contributed by atoms with E-state index in [0.29, 0.717) is 0 Å². The fraction of sp³-hybridized carbons (Fsp3) is 0.273. The minimum Gasteiger partial charge on any atom is -0.254 e. The lowest BCUT2D eigenvalue weighted by Gasteiger charge is -1.99. The molecule has 0 N–H and O–H groups in total. The van der Waals surface area contributed by atoms with Crippen molar-refractivity contribution in [2.24, 2.45) is 0 Å². The van der Waals surface area contributed by atoms with Crippen LogP contribution in [0.5, 0.6) is 0 Å². The first-order chi connectivity index (χ1) is 6.34. The highest BCUT2D eigenvalue weighted by molar-refractivity contribution is 7.85. The SMILES string of the molecule is C=CCCC[S@](=O)c1ccccc1. The van der Waals surface area contributed by atoms with E-state index in [9.17, 15) is 4.21 Å². The van der Waals surface area contributed by atoms with Gasteiger partial charge >= 0.3 is 0 Å². The van der Waals surface area contributed by atoms with Gasteiger partial charge in [0.25, 0.3) is 0 Å². The molecule has 0 aliphatic heterocycles. The Bertz CT molecular complexity index is 279. The zero-order valence-corrected chi connectivity index (χ0v) is 8.43. The van der Waals surface area contributed by atoms with Crippen molar-refractivity contribution in [3.8, 4) is 0 Å². The molecule has 13 heavy (non-hydrogen) atoms. The molecule has 1 atom stereocenters. The summed E-state index contributed by atoms with van der Waals surface area (Å²) in [6, 6.07) is 9.58. The van der Waals surface area contributed by atoms with Crippen LogP contribution in [0.25, 0.3) is 0 Å². The number of benzene rings is 1. The summed E-state index contributed by atoms with van der Waals surface area (Å²) in [5.74, 6) is 0.732. The highest BCUT2D eigenvalue weighted by Gasteiger charge is 2.00. The molecule has 70 valence electrons. The van der Waals surface area contributed by atoms with Crippen LogP contribution in [0, 0.1) is 0 Å². The Morgan fingerprint density at radius 1 is 1.31 bits per heavy atom. The molecule has 0 saturated carbocycles. The van der Waals surface area contributed by atoms with Crippen LogP contribution in [-0.2, 0) is 10.8 Å². The van der Waals surface area contributed by atoms with E-state index in [2.05, 4.69) is 6.58 Å². The molecule has 0 saturated heterocycles. The zero-order valence-electron chi connectivity index (χ0n) is 7.61. The van der Waals surface area contributed by atoms with Crippen molar-refractivity contribution in [3.63, 3.8) is 0 Å². The molecular formula is C11H14OS. The average Bonchev–Trinajstić information content (AvgIpc) is 2.19. The molecule has 1 nitrogen and oxygen atoms in total. The Morgan fingerprint density at radius 3 is 2.62 bits per heavy atom. The summed E-state index contributed by atoms with van der Waals surface area (Å²) < 4.78 is 11.6. The Hall–Kier alpha value is -0.890. The van der Waals surface area contributed by atoms with E-state index in [1.807, 2.05) is 36.4 Å². The maximum absolute atomic E-state index is 11.6. The fourth-order valence-corrected chi connectivity index (χ4v) is 2.17. The van der Waals surface area contributed by atoms with E-state index in [1.54, 1.807) is 0 Å². The maximum atomic E-state index is 11.6. The van der Waals surface area contributed by atoms with E-state index in [0.717, 1.165) is 23.5 Å². The number of hydrogen-bond donors (Lipinski definition) is 0. The summed E-state index contributed by atoms with van der Waals surface area (Å²) in [6.07, 6.45) is 3.76. The lowest BCUT2D eigenvalue weighted by molar-refractivity contribution is 0.680. The van der Waals surface area contributed by atoms with Crippen molar-refractivity contribution >= 4 is 10.8 Å². The molecule has 1 aromatic carbocycles. The van der Waals surface area contributed by atoms with Gasteiger partial charge in [0.05, 0.1) is 10.8 Å². The van der Waals surface area contributed by atoms with Crippen LogP contribution in [0.2, 0.25) is 0 Å². The highest BCUT2D eigenvalue weighted by Crippen LogP contribution is 2.07. The van der Waals surface area contributed by atoms with Gasteiger partial charge < -0.3 is 0 Å². The predicted molar refractivity (Wildman–Crippen MR) is 57.1 cm³/mol. The fourth-order valence-electron chi connectivity index (χ4n) is 1.05. The van der Waals surface area contributed by atoms with Crippen molar-refractivity contribution in [2.75, 3.05) is 5.75 Å². The number of allylic oxidation sites excluding steroid dienone is 1. The van der Waals surface area contributed by atoms with Gasteiger partial charge in [0.1, 0.15) is 0 Å². The molecule has 0 aliphatic rings. The van der Waals surface area contributed by atoms with Crippen LogP contribution >= 0.6 is 0 Å². The van der Waals surface area contributed by atoms with Gasteiger partial charge in [0, 0.05) is 10.6 Å². The van der Waals surface area contributed by atoms with E-state index >= 15 is 0 Å². The third kappa shape index (κ3) is 3.55. The predicted octanol–water partition coefficient (Wildman–Crippen LogP) is 2.76. The molecule has 1 rings (SSSR count). The van der Waals surface area contributed by atoms with Crippen molar-refractivity contribution in [3.05, 3.63) is 43.0 Å². The lowest BCUT2D eigenvalue weighted by Crippen LogP contribution is -1.96. The maximum Gasteiger partial charge on any atom is 0.0529 e. The monoisotopic (exact) mass is 194 g/mol. The minimum absolute atomic E-state index is 0.732. The van der Waals surface area contributed by atoms with E-state index in [4.69, 9.17) is 0 Å². The van der Waals surface area contributed by atoms with Crippen molar-refractivity contribution < 1.29 is 4.21 Å². The van der Waals surface area contributed by atoms with Crippen LogP contribution in [-0.4, -0.2) is 9.96 Å². The second-order valence-electron chi connectivity index (χ2n) is 2.79. The summed E-state index contributed by atoms with van der Waals surface area (Å²) in [6.45, 7) is 3.63. The molecule has 1 aromatic rings. The summed E-state index contributed by atoms with van der Waals surface area (Å²) in [5.41, 5.74) is 0. The summed E-state index contributed by atoms with van der Waals surface area (Å²) in [4.78, 5) is 0.923. The van der Waals surface area contributed by atoms with Crippen LogP contribution in [0.15, 0.2) is 47.9 Å². The molecule has 0 aliphatic carbocycles. The van der Waals surface area contributed by atoms with Gasteiger partial charge in [0.15, 0.2) is 0 Å². The Morgan fingerprint density at radius 2 is 2.00 bits per heavy atom. The van der Waals surface area contributed by atoms with Crippen LogP contribution in [0.1, 0.15) is 12.8 Å². The second kappa shape index (κ2) is 5.70. The van der Waals surface area contributed by atoms with Crippen molar-refractivity contribution in [1.82, 2.24) is 0 Å². The van der Waals surface area contributed by atoms with E-state index in [1.165, 1.54) is 0 Å². The normalized spacial score (nSPS) is 12.3. The summed E-state index contributed by atoms with van der Waals surface area (Å²) in [7, 11) is -0.833. The van der Waals surface area contributed by atoms with E-state index < -0.39 is 10.8 Å². The molecule has 0 amide bonds. The Labute approximate surface area is 81.9 Å². The first kappa shape index (κ1) is 10.2. The van der Waals surface area contributed by atoms with Crippen LogP contribution < -0.4 is 0 Å². The molecular weight excluding hydrogens is 180 g/mol. The first-order valence-corrected chi connectivity index (χ1v) is 5.71. The highest BCUT2D eigenvalue weighted by atomic mass is 32.2. The third-order valence-corrected chi connectivity index (χ3v) is 3.20. The Kier molecular flexibility index (Phi) is 4.47. The van der Waals surface area contributed by atoms with Gasteiger partial charge in [-0.1, -0.05) is 24.3 Å². The van der Waals surface area contributed by atoms with E-state index in [-0.39, 0.29) is 0 Å². The smallest absolute Gasteiger partial charge is 0.0529 e. The molecule has 0 bridgehead atoms. The molecule has 0 aromatic heterocycles. The number of unbranched alkanes of at least 4 members (excludes halogenated alkanes) is 1. The molecule has 0 heterocycles. The third-order valence-electron chi connectivity index (χ3n) is 1.74. The zero-order chi connectivity index (χ0) is 9.52. The first-order valence-electron chi connectivity index (χ1n) is 4.39. The minimum atomic E-state index is -0.833.